The third kappa shape index (κ3) is 2.45. The van der Waals surface area contributed by atoms with Crippen LogP contribution >= 0.6 is 0 Å². The van der Waals surface area contributed by atoms with E-state index in [9.17, 15) is 13.2 Å². The predicted octanol–water partition coefficient (Wildman–Crippen LogP) is 1.23. The lowest BCUT2D eigenvalue weighted by molar-refractivity contribution is 0.0685. The molecule has 7 nitrogen and oxygen atoms in total. The summed E-state index contributed by atoms with van der Waals surface area (Å²) < 4.78 is 26.8. The number of rotatable bonds is 3. The zero-order valence-electron chi connectivity index (χ0n) is 11.8. The van der Waals surface area contributed by atoms with E-state index in [1.165, 1.54) is 11.2 Å². The van der Waals surface area contributed by atoms with Crippen LogP contribution in [-0.4, -0.2) is 46.6 Å². The Balaban J connectivity index is 2.46. The van der Waals surface area contributed by atoms with Gasteiger partial charge >= 0.3 is 5.97 Å². The Morgan fingerprint density at radius 3 is 2.65 bits per heavy atom. The van der Waals surface area contributed by atoms with Crippen LogP contribution in [0.2, 0.25) is 0 Å². The molecule has 2 rings (SSSR count). The van der Waals surface area contributed by atoms with Gasteiger partial charge in [-0.25, -0.2) is 13.2 Å². The van der Waals surface area contributed by atoms with Crippen molar-refractivity contribution in [2.75, 3.05) is 6.54 Å². The lowest BCUT2D eigenvalue weighted by Crippen LogP contribution is -2.44. The number of piperidine rings is 1. The number of aromatic nitrogens is 2. The Labute approximate surface area is 118 Å². The molecule has 0 saturated carbocycles. The Bertz CT molecular complexity index is 623. The molecule has 0 radical (unpaired) electrons. The summed E-state index contributed by atoms with van der Waals surface area (Å²) in [5.41, 5.74) is -0.179. The van der Waals surface area contributed by atoms with Crippen molar-refractivity contribution >= 4 is 16.0 Å². The molecule has 1 saturated heterocycles. The first-order valence-electron chi connectivity index (χ1n) is 6.55. The van der Waals surface area contributed by atoms with Gasteiger partial charge in [-0.2, -0.15) is 9.40 Å². The van der Waals surface area contributed by atoms with E-state index in [4.69, 9.17) is 5.11 Å². The normalized spacial score (nSPS) is 24.8. The summed E-state index contributed by atoms with van der Waals surface area (Å²) in [5.74, 6) is -0.869. The van der Waals surface area contributed by atoms with Crippen molar-refractivity contribution in [3.05, 3.63) is 11.4 Å². The highest BCUT2D eigenvalue weighted by molar-refractivity contribution is 7.89. The van der Waals surface area contributed by atoms with Crippen molar-refractivity contribution in [2.45, 2.75) is 44.6 Å². The van der Waals surface area contributed by atoms with Gasteiger partial charge in [-0.1, -0.05) is 6.92 Å². The van der Waals surface area contributed by atoms with E-state index in [2.05, 4.69) is 17.1 Å². The van der Waals surface area contributed by atoms with Crippen LogP contribution in [0.1, 0.15) is 42.9 Å². The van der Waals surface area contributed by atoms with Crippen LogP contribution in [0.25, 0.3) is 0 Å². The number of nitrogens with zero attached hydrogens (tertiary/aromatic N) is 2. The molecule has 2 heterocycles. The Hall–Kier alpha value is -1.41. The van der Waals surface area contributed by atoms with E-state index in [1.54, 1.807) is 0 Å². The molecule has 0 aromatic carbocycles. The van der Waals surface area contributed by atoms with Crippen molar-refractivity contribution in [3.63, 3.8) is 0 Å². The fraction of sp³-hybridized carbons (Fsp3) is 0.667. The third-order valence-electron chi connectivity index (χ3n) is 3.74. The summed E-state index contributed by atoms with van der Waals surface area (Å²) in [7, 11) is -3.84. The van der Waals surface area contributed by atoms with Gasteiger partial charge in [0.2, 0.25) is 10.0 Å². The molecule has 1 fully saturated rings. The monoisotopic (exact) mass is 301 g/mol. The van der Waals surface area contributed by atoms with Crippen molar-refractivity contribution in [1.82, 2.24) is 14.5 Å². The SMILES string of the molecule is Cc1[nH]nc(C(=O)O)c1S(=O)(=O)N1CCC(C)CC1C. The van der Waals surface area contributed by atoms with Crippen molar-refractivity contribution in [1.29, 1.82) is 0 Å². The molecule has 0 aliphatic carbocycles. The second-order valence-electron chi connectivity index (χ2n) is 5.43. The molecule has 8 heteroatoms. The van der Waals surface area contributed by atoms with Crippen molar-refractivity contribution in [3.8, 4) is 0 Å². The van der Waals surface area contributed by atoms with Crippen LogP contribution in [0.4, 0.5) is 0 Å². The number of nitrogens with one attached hydrogen (secondary N) is 1. The van der Waals surface area contributed by atoms with Gasteiger partial charge in [0.1, 0.15) is 4.90 Å². The number of carboxylic acid groups (broad SMARTS) is 1. The number of aryl methyl sites for hydroxylation is 1. The molecule has 0 bridgehead atoms. The summed E-state index contributed by atoms with van der Waals surface area (Å²) >= 11 is 0. The highest BCUT2D eigenvalue weighted by Gasteiger charge is 2.38. The standard InChI is InChI=1S/C12H19N3O4S/c1-7-4-5-15(8(2)6-7)20(18,19)11-9(3)13-14-10(11)12(16)17/h7-8H,4-6H2,1-3H3,(H,13,14)(H,16,17). The van der Waals surface area contributed by atoms with E-state index >= 15 is 0 Å². The minimum atomic E-state index is -3.84. The molecule has 1 aromatic heterocycles. The van der Waals surface area contributed by atoms with Gasteiger partial charge in [0, 0.05) is 12.6 Å². The maximum atomic E-state index is 12.7. The molecule has 0 spiro atoms. The van der Waals surface area contributed by atoms with Crippen LogP contribution < -0.4 is 0 Å². The quantitative estimate of drug-likeness (QED) is 0.873. The number of carbonyl (C=O) groups is 1. The highest BCUT2D eigenvalue weighted by atomic mass is 32.2. The van der Waals surface area contributed by atoms with E-state index in [0.29, 0.717) is 12.5 Å². The largest absolute Gasteiger partial charge is 0.476 e. The van der Waals surface area contributed by atoms with Gasteiger partial charge in [-0.15, -0.1) is 0 Å². The number of aromatic amines is 1. The van der Waals surface area contributed by atoms with E-state index in [-0.39, 0.29) is 16.6 Å². The molecular weight excluding hydrogens is 282 g/mol. The molecule has 0 amide bonds. The molecular formula is C12H19N3O4S. The number of hydrogen-bond donors (Lipinski definition) is 2. The minimum absolute atomic E-state index is 0.139. The second-order valence-corrected chi connectivity index (χ2v) is 7.25. The van der Waals surface area contributed by atoms with Crippen LogP contribution in [-0.2, 0) is 10.0 Å². The van der Waals surface area contributed by atoms with Gasteiger partial charge in [0.05, 0.1) is 5.69 Å². The number of carboxylic acids is 1. The Morgan fingerprint density at radius 2 is 2.10 bits per heavy atom. The highest BCUT2D eigenvalue weighted by Crippen LogP contribution is 2.30. The fourth-order valence-corrected chi connectivity index (χ4v) is 4.69. The van der Waals surface area contributed by atoms with Crippen molar-refractivity contribution in [2.24, 2.45) is 5.92 Å². The van der Waals surface area contributed by atoms with Gasteiger partial charge in [0.25, 0.3) is 0 Å². The molecule has 2 unspecified atom stereocenters. The fourth-order valence-electron chi connectivity index (χ4n) is 2.74. The summed E-state index contributed by atoms with van der Waals surface area (Å²) in [6, 6.07) is -0.139. The van der Waals surface area contributed by atoms with Gasteiger partial charge in [-0.05, 0) is 32.6 Å². The maximum Gasteiger partial charge on any atom is 0.357 e. The van der Waals surface area contributed by atoms with Crippen LogP contribution in [0.3, 0.4) is 0 Å². The Kier molecular flexibility index (Phi) is 3.88. The number of aromatic carboxylic acids is 1. The molecule has 2 N–H and O–H groups in total. The number of H-pyrrole nitrogens is 1. The summed E-state index contributed by atoms with van der Waals surface area (Å²) in [6.07, 6.45) is 1.56. The lowest BCUT2D eigenvalue weighted by atomic mass is 9.95. The first kappa shape index (κ1) is 15.0. The molecule has 1 aliphatic heterocycles. The summed E-state index contributed by atoms with van der Waals surface area (Å²) in [5, 5.41) is 15.1. The van der Waals surface area contributed by atoms with E-state index in [1.807, 2.05) is 6.92 Å². The topological polar surface area (TPSA) is 103 Å². The van der Waals surface area contributed by atoms with Crippen LogP contribution in [0.5, 0.6) is 0 Å². The number of hydrogen-bond acceptors (Lipinski definition) is 4. The van der Waals surface area contributed by atoms with Crippen molar-refractivity contribution < 1.29 is 18.3 Å². The number of sulfonamides is 1. The summed E-state index contributed by atoms with van der Waals surface area (Å²) in [4.78, 5) is 10.9. The lowest BCUT2D eigenvalue weighted by Gasteiger charge is -2.35. The Morgan fingerprint density at radius 1 is 1.45 bits per heavy atom. The van der Waals surface area contributed by atoms with E-state index < -0.39 is 21.7 Å². The molecule has 20 heavy (non-hydrogen) atoms. The smallest absolute Gasteiger partial charge is 0.357 e. The molecule has 2 atom stereocenters. The average molecular weight is 301 g/mol. The van der Waals surface area contributed by atoms with Gasteiger partial charge in [0.15, 0.2) is 5.69 Å². The predicted molar refractivity (Wildman–Crippen MR) is 72.0 cm³/mol. The maximum absolute atomic E-state index is 12.7. The van der Waals surface area contributed by atoms with Gasteiger partial charge in [-0.3, -0.25) is 5.10 Å². The average Bonchev–Trinajstić information content (AvgIpc) is 2.71. The van der Waals surface area contributed by atoms with Crippen LogP contribution in [0, 0.1) is 12.8 Å². The zero-order valence-corrected chi connectivity index (χ0v) is 12.6. The van der Waals surface area contributed by atoms with Gasteiger partial charge < -0.3 is 5.11 Å². The van der Waals surface area contributed by atoms with Crippen LogP contribution in [0.15, 0.2) is 4.90 Å². The molecule has 112 valence electrons. The third-order valence-corrected chi connectivity index (χ3v) is 5.91. The first-order valence-corrected chi connectivity index (χ1v) is 7.99. The minimum Gasteiger partial charge on any atom is -0.476 e. The molecule has 1 aromatic rings. The molecule has 1 aliphatic rings. The second kappa shape index (κ2) is 5.17. The zero-order chi connectivity index (χ0) is 15.1. The summed E-state index contributed by atoms with van der Waals surface area (Å²) in [6.45, 7) is 5.87. The van der Waals surface area contributed by atoms with E-state index in [0.717, 1.165) is 12.8 Å². The first-order chi connectivity index (χ1) is 9.25.